The van der Waals surface area contributed by atoms with Crippen molar-refractivity contribution < 1.29 is 4.79 Å². The van der Waals surface area contributed by atoms with Gasteiger partial charge in [0.15, 0.2) is 5.96 Å². The van der Waals surface area contributed by atoms with Crippen molar-refractivity contribution in [3.8, 4) is 0 Å². The zero-order chi connectivity index (χ0) is 18.6. The maximum Gasteiger partial charge on any atom is 0.222 e. The number of carbonyl (C=O) groups is 1. The molecule has 0 bridgehead atoms. The molecule has 2 rings (SSSR count). The highest BCUT2D eigenvalue weighted by Crippen LogP contribution is 2.11. The SMILES string of the molecule is CCNC(=NCCCN1CCCCCC1=O)NCCc1ccc(C)cc1.I. The number of hydrogen-bond acceptors (Lipinski definition) is 2. The number of aryl methyl sites for hydroxylation is 1. The van der Waals surface area contributed by atoms with Gasteiger partial charge in [-0.25, -0.2) is 0 Å². The first-order chi connectivity index (χ1) is 12.7. The summed E-state index contributed by atoms with van der Waals surface area (Å²) in [5.41, 5.74) is 2.62. The molecule has 0 aromatic heterocycles. The van der Waals surface area contributed by atoms with E-state index >= 15 is 0 Å². The van der Waals surface area contributed by atoms with Crippen LogP contribution in [0.15, 0.2) is 29.3 Å². The van der Waals surface area contributed by atoms with Gasteiger partial charge in [-0.2, -0.15) is 0 Å². The summed E-state index contributed by atoms with van der Waals surface area (Å²) in [5, 5.41) is 6.69. The highest BCUT2D eigenvalue weighted by Gasteiger charge is 2.15. The molecule has 152 valence electrons. The molecule has 0 atom stereocenters. The second-order valence-corrected chi connectivity index (χ2v) is 6.97. The van der Waals surface area contributed by atoms with Gasteiger partial charge in [-0.05, 0) is 45.1 Å². The number of amides is 1. The van der Waals surface area contributed by atoms with Gasteiger partial charge in [0.1, 0.15) is 0 Å². The van der Waals surface area contributed by atoms with Crippen LogP contribution >= 0.6 is 24.0 Å². The van der Waals surface area contributed by atoms with Crippen LogP contribution in [0.2, 0.25) is 0 Å². The molecule has 1 aromatic rings. The molecule has 0 radical (unpaired) electrons. The summed E-state index contributed by atoms with van der Waals surface area (Å²) in [4.78, 5) is 18.7. The van der Waals surface area contributed by atoms with Gasteiger partial charge in [0, 0.05) is 39.1 Å². The fourth-order valence-corrected chi connectivity index (χ4v) is 3.15. The van der Waals surface area contributed by atoms with E-state index in [4.69, 9.17) is 0 Å². The number of rotatable bonds is 8. The predicted octanol–water partition coefficient (Wildman–Crippen LogP) is 3.50. The monoisotopic (exact) mass is 486 g/mol. The standard InChI is InChI=1S/C21H34N4O.HI/c1-3-22-21(24-15-13-19-11-9-18(2)10-12-19)23-14-7-17-25-16-6-4-5-8-20(25)26;/h9-12H,3-8,13-17H2,1-2H3,(H2,22,23,24);1H. The Kier molecular flexibility index (Phi) is 12.1. The summed E-state index contributed by atoms with van der Waals surface area (Å²) in [5.74, 6) is 1.18. The molecular weight excluding hydrogens is 451 g/mol. The Labute approximate surface area is 181 Å². The van der Waals surface area contributed by atoms with E-state index in [1.165, 1.54) is 17.5 Å². The Hall–Kier alpha value is -1.31. The van der Waals surface area contributed by atoms with Crippen molar-refractivity contribution in [1.82, 2.24) is 15.5 Å². The van der Waals surface area contributed by atoms with E-state index in [-0.39, 0.29) is 24.0 Å². The molecule has 0 unspecified atom stereocenters. The van der Waals surface area contributed by atoms with Gasteiger partial charge < -0.3 is 15.5 Å². The van der Waals surface area contributed by atoms with Gasteiger partial charge in [-0.1, -0.05) is 36.2 Å². The number of benzene rings is 1. The van der Waals surface area contributed by atoms with Crippen molar-refractivity contribution >= 4 is 35.8 Å². The third kappa shape index (κ3) is 9.44. The van der Waals surface area contributed by atoms with Crippen molar-refractivity contribution in [3.63, 3.8) is 0 Å². The van der Waals surface area contributed by atoms with Crippen molar-refractivity contribution in [1.29, 1.82) is 0 Å². The van der Waals surface area contributed by atoms with Gasteiger partial charge >= 0.3 is 0 Å². The average molecular weight is 486 g/mol. The summed E-state index contributed by atoms with van der Waals surface area (Å²) in [6, 6.07) is 8.66. The minimum atomic E-state index is 0. The third-order valence-electron chi connectivity index (χ3n) is 4.70. The summed E-state index contributed by atoms with van der Waals surface area (Å²) >= 11 is 0. The van der Waals surface area contributed by atoms with Crippen molar-refractivity contribution in [3.05, 3.63) is 35.4 Å². The second kappa shape index (κ2) is 13.8. The fourth-order valence-electron chi connectivity index (χ4n) is 3.15. The van der Waals surface area contributed by atoms with E-state index in [0.717, 1.165) is 64.4 Å². The largest absolute Gasteiger partial charge is 0.357 e. The van der Waals surface area contributed by atoms with Crippen molar-refractivity contribution in [2.45, 2.75) is 52.4 Å². The van der Waals surface area contributed by atoms with E-state index in [9.17, 15) is 4.79 Å². The minimum absolute atomic E-state index is 0. The van der Waals surface area contributed by atoms with Crippen LogP contribution in [0, 0.1) is 6.92 Å². The fraction of sp³-hybridized carbons (Fsp3) is 0.619. The quantitative estimate of drug-likeness (QED) is 0.256. The van der Waals surface area contributed by atoms with Gasteiger partial charge in [0.05, 0.1) is 0 Å². The Morgan fingerprint density at radius 2 is 1.93 bits per heavy atom. The molecule has 6 heteroatoms. The number of aliphatic imine (C=N–C) groups is 1. The van der Waals surface area contributed by atoms with Crippen LogP contribution in [0.25, 0.3) is 0 Å². The number of likely N-dealkylation sites (tertiary alicyclic amines) is 1. The van der Waals surface area contributed by atoms with E-state index < -0.39 is 0 Å². The van der Waals surface area contributed by atoms with Crippen LogP contribution in [0.5, 0.6) is 0 Å². The topological polar surface area (TPSA) is 56.7 Å². The number of carbonyl (C=O) groups excluding carboxylic acids is 1. The summed E-state index contributed by atoms with van der Waals surface area (Å²) < 4.78 is 0. The molecular formula is C21H35IN4O. The molecule has 1 saturated heterocycles. The van der Waals surface area contributed by atoms with Crippen LogP contribution in [0.4, 0.5) is 0 Å². The van der Waals surface area contributed by atoms with Crippen molar-refractivity contribution in [2.75, 3.05) is 32.7 Å². The lowest BCUT2D eigenvalue weighted by Crippen LogP contribution is -2.38. The number of nitrogens with zero attached hydrogens (tertiary/aromatic N) is 2. The first-order valence-electron chi connectivity index (χ1n) is 10.0. The van der Waals surface area contributed by atoms with Gasteiger partial charge in [-0.3, -0.25) is 9.79 Å². The Morgan fingerprint density at radius 1 is 1.15 bits per heavy atom. The smallest absolute Gasteiger partial charge is 0.222 e. The molecule has 1 heterocycles. The molecule has 1 aliphatic heterocycles. The molecule has 0 spiro atoms. The highest BCUT2D eigenvalue weighted by molar-refractivity contribution is 14.0. The lowest BCUT2D eigenvalue weighted by Gasteiger charge is -2.20. The molecule has 5 nitrogen and oxygen atoms in total. The minimum Gasteiger partial charge on any atom is -0.357 e. The van der Waals surface area contributed by atoms with Crippen LogP contribution in [0.3, 0.4) is 0 Å². The lowest BCUT2D eigenvalue weighted by atomic mass is 10.1. The Morgan fingerprint density at radius 3 is 2.67 bits per heavy atom. The van der Waals surface area contributed by atoms with Crippen LogP contribution in [-0.4, -0.2) is 49.5 Å². The second-order valence-electron chi connectivity index (χ2n) is 6.97. The van der Waals surface area contributed by atoms with E-state index in [1.54, 1.807) is 0 Å². The number of nitrogens with one attached hydrogen (secondary N) is 2. The highest BCUT2D eigenvalue weighted by atomic mass is 127. The lowest BCUT2D eigenvalue weighted by molar-refractivity contribution is -0.130. The summed E-state index contributed by atoms with van der Waals surface area (Å²) in [7, 11) is 0. The number of guanidine groups is 1. The first kappa shape index (κ1) is 23.7. The zero-order valence-electron chi connectivity index (χ0n) is 16.8. The van der Waals surface area contributed by atoms with Gasteiger partial charge in [-0.15, -0.1) is 24.0 Å². The molecule has 1 amide bonds. The molecule has 1 aliphatic rings. The van der Waals surface area contributed by atoms with Crippen LogP contribution < -0.4 is 10.6 Å². The Balaban J connectivity index is 0.00000364. The van der Waals surface area contributed by atoms with Crippen molar-refractivity contribution in [2.24, 2.45) is 4.99 Å². The third-order valence-corrected chi connectivity index (χ3v) is 4.70. The molecule has 27 heavy (non-hydrogen) atoms. The van der Waals surface area contributed by atoms with Crippen LogP contribution in [-0.2, 0) is 11.2 Å². The van der Waals surface area contributed by atoms with E-state index in [2.05, 4.69) is 53.7 Å². The number of hydrogen-bond donors (Lipinski definition) is 2. The molecule has 1 fully saturated rings. The maximum absolute atomic E-state index is 12.0. The normalized spacial score (nSPS) is 15.1. The maximum atomic E-state index is 12.0. The van der Waals surface area contributed by atoms with Gasteiger partial charge in [0.2, 0.25) is 5.91 Å². The summed E-state index contributed by atoms with van der Waals surface area (Å²) in [6.45, 7) is 8.37. The molecule has 0 saturated carbocycles. The Bertz CT molecular complexity index is 574. The van der Waals surface area contributed by atoms with Gasteiger partial charge in [0.25, 0.3) is 0 Å². The predicted molar refractivity (Wildman–Crippen MR) is 124 cm³/mol. The molecule has 1 aromatic carbocycles. The average Bonchev–Trinajstić information content (AvgIpc) is 2.84. The zero-order valence-corrected chi connectivity index (χ0v) is 19.1. The van der Waals surface area contributed by atoms with Crippen LogP contribution in [0.1, 0.15) is 50.2 Å². The summed E-state index contributed by atoms with van der Waals surface area (Å²) in [6.07, 6.45) is 5.97. The van der Waals surface area contributed by atoms with E-state index in [1.807, 2.05) is 4.90 Å². The molecule has 2 N–H and O–H groups in total. The van der Waals surface area contributed by atoms with E-state index in [0.29, 0.717) is 12.3 Å². The number of halogens is 1. The molecule has 0 aliphatic carbocycles. The first-order valence-corrected chi connectivity index (χ1v) is 10.0.